The Bertz CT molecular complexity index is 500. The Balaban J connectivity index is 1.69. The lowest BCUT2D eigenvalue weighted by Gasteiger charge is -2.33. The summed E-state index contributed by atoms with van der Waals surface area (Å²) in [7, 11) is 0. The molecular formula is C15H20BrN3O. The summed E-state index contributed by atoms with van der Waals surface area (Å²) in [5, 5.41) is 6.34. The molecule has 0 unspecified atom stereocenters. The van der Waals surface area contributed by atoms with Crippen LogP contribution in [0.1, 0.15) is 19.3 Å². The number of halogens is 1. The molecule has 2 N–H and O–H groups in total. The van der Waals surface area contributed by atoms with Gasteiger partial charge in [0.05, 0.1) is 17.9 Å². The van der Waals surface area contributed by atoms with E-state index in [-0.39, 0.29) is 5.91 Å². The fourth-order valence-electron chi connectivity index (χ4n) is 3.03. The highest BCUT2D eigenvalue weighted by Gasteiger charge is 2.23. The number of nitrogens with zero attached hydrogens (tertiary/aromatic N) is 1. The largest absolute Gasteiger partial charge is 0.360 e. The normalized spacial score (nSPS) is 19.6. The zero-order valence-electron chi connectivity index (χ0n) is 11.5. The number of anilines is 2. The van der Waals surface area contributed by atoms with Gasteiger partial charge in [0, 0.05) is 11.0 Å². The number of carbonyl (C=O) groups excluding carboxylic acids is 1. The van der Waals surface area contributed by atoms with E-state index in [0.717, 1.165) is 41.4 Å². The Morgan fingerprint density at radius 2 is 2.10 bits per heavy atom. The quantitative estimate of drug-likeness (QED) is 0.891. The Kier molecular flexibility index (Phi) is 4.27. The third kappa shape index (κ3) is 3.15. The predicted octanol–water partition coefficient (Wildman–Crippen LogP) is 2.60. The van der Waals surface area contributed by atoms with Crippen LogP contribution < -0.4 is 15.5 Å². The minimum atomic E-state index is 0.0881. The molecule has 5 heteroatoms. The van der Waals surface area contributed by atoms with E-state index in [1.54, 1.807) is 0 Å². The molecule has 1 amide bonds. The zero-order valence-corrected chi connectivity index (χ0v) is 13.1. The molecule has 4 nitrogen and oxygen atoms in total. The lowest BCUT2D eigenvalue weighted by Crippen LogP contribution is -2.40. The topological polar surface area (TPSA) is 44.4 Å². The van der Waals surface area contributed by atoms with Gasteiger partial charge in [0.1, 0.15) is 0 Å². The van der Waals surface area contributed by atoms with E-state index < -0.39 is 0 Å². The van der Waals surface area contributed by atoms with E-state index in [1.807, 2.05) is 12.1 Å². The Morgan fingerprint density at radius 3 is 2.90 bits per heavy atom. The Labute approximate surface area is 128 Å². The van der Waals surface area contributed by atoms with E-state index in [1.165, 1.54) is 19.3 Å². The van der Waals surface area contributed by atoms with Crippen molar-refractivity contribution in [3.63, 3.8) is 0 Å². The second-order valence-electron chi connectivity index (χ2n) is 5.61. The van der Waals surface area contributed by atoms with Crippen LogP contribution in [0.4, 0.5) is 11.4 Å². The SMILES string of the molecule is O=C1CN(CCC2CCNCC2)c2cc(Br)ccc2N1. The maximum absolute atomic E-state index is 11.8. The van der Waals surface area contributed by atoms with Crippen LogP contribution in [0.15, 0.2) is 22.7 Å². The van der Waals surface area contributed by atoms with Crippen LogP contribution in [0.3, 0.4) is 0 Å². The summed E-state index contributed by atoms with van der Waals surface area (Å²) in [4.78, 5) is 14.0. The van der Waals surface area contributed by atoms with Crippen molar-refractivity contribution in [2.24, 2.45) is 5.92 Å². The van der Waals surface area contributed by atoms with Crippen LogP contribution in [0.2, 0.25) is 0 Å². The minimum absolute atomic E-state index is 0.0881. The van der Waals surface area contributed by atoms with Crippen LogP contribution in [-0.2, 0) is 4.79 Å². The first-order valence-electron chi connectivity index (χ1n) is 7.27. The molecule has 0 aliphatic carbocycles. The molecule has 2 aliphatic rings. The molecule has 2 aliphatic heterocycles. The Hall–Kier alpha value is -1.07. The average molecular weight is 338 g/mol. The van der Waals surface area contributed by atoms with Gasteiger partial charge in [-0.1, -0.05) is 15.9 Å². The molecule has 0 atom stereocenters. The van der Waals surface area contributed by atoms with Gasteiger partial charge in [-0.05, 0) is 56.5 Å². The summed E-state index contributed by atoms with van der Waals surface area (Å²) >= 11 is 3.51. The maximum atomic E-state index is 11.8. The van der Waals surface area contributed by atoms with Crippen molar-refractivity contribution in [3.8, 4) is 0 Å². The highest BCUT2D eigenvalue weighted by Crippen LogP contribution is 2.32. The van der Waals surface area contributed by atoms with Gasteiger partial charge in [-0.15, -0.1) is 0 Å². The predicted molar refractivity (Wildman–Crippen MR) is 85.2 cm³/mol. The van der Waals surface area contributed by atoms with Crippen LogP contribution in [0.25, 0.3) is 0 Å². The summed E-state index contributed by atoms with van der Waals surface area (Å²) in [6.45, 7) is 3.69. The molecule has 0 saturated carbocycles. The standard InChI is InChI=1S/C15H20BrN3O/c16-12-1-2-13-14(9-12)19(10-15(20)18-13)8-5-11-3-6-17-7-4-11/h1-2,9,11,17H,3-8,10H2,(H,18,20). The third-order valence-electron chi connectivity index (χ3n) is 4.18. The highest BCUT2D eigenvalue weighted by molar-refractivity contribution is 9.10. The van der Waals surface area contributed by atoms with Crippen molar-refractivity contribution in [1.82, 2.24) is 5.32 Å². The minimum Gasteiger partial charge on any atom is -0.360 e. The monoisotopic (exact) mass is 337 g/mol. The van der Waals surface area contributed by atoms with E-state index in [9.17, 15) is 4.79 Å². The summed E-state index contributed by atoms with van der Waals surface area (Å²) < 4.78 is 1.05. The summed E-state index contributed by atoms with van der Waals surface area (Å²) in [6, 6.07) is 6.03. The van der Waals surface area contributed by atoms with Crippen LogP contribution >= 0.6 is 15.9 Å². The molecule has 1 aromatic carbocycles. The molecule has 20 heavy (non-hydrogen) atoms. The summed E-state index contributed by atoms with van der Waals surface area (Å²) in [6.07, 6.45) is 3.68. The number of rotatable bonds is 3. The number of fused-ring (bicyclic) bond motifs is 1. The van der Waals surface area contributed by atoms with Crippen molar-refractivity contribution in [3.05, 3.63) is 22.7 Å². The molecule has 0 spiro atoms. The summed E-state index contributed by atoms with van der Waals surface area (Å²) in [5.74, 6) is 0.877. The molecular weight excluding hydrogens is 318 g/mol. The second-order valence-corrected chi connectivity index (χ2v) is 6.53. The van der Waals surface area contributed by atoms with E-state index >= 15 is 0 Å². The molecule has 3 rings (SSSR count). The highest BCUT2D eigenvalue weighted by atomic mass is 79.9. The number of carbonyl (C=O) groups is 1. The van der Waals surface area contributed by atoms with Crippen LogP contribution in [0, 0.1) is 5.92 Å². The van der Waals surface area contributed by atoms with E-state index in [0.29, 0.717) is 6.54 Å². The molecule has 0 bridgehead atoms. The van der Waals surface area contributed by atoms with Crippen molar-refractivity contribution in [2.45, 2.75) is 19.3 Å². The van der Waals surface area contributed by atoms with Crippen molar-refractivity contribution < 1.29 is 4.79 Å². The van der Waals surface area contributed by atoms with Crippen molar-refractivity contribution in [2.75, 3.05) is 36.4 Å². The first kappa shape index (κ1) is 13.9. The van der Waals surface area contributed by atoms with Crippen molar-refractivity contribution >= 4 is 33.2 Å². The van der Waals surface area contributed by atoms with E-state index in [4.69, 9.17) is 0 Å². The van der Waals surface area contributed by atoms with Gasteiger partial charge in [0.25, 0.3) is 0 Å². The van der Waals surface area contributed by atoms with Gasteiger partial charge < -0.3 is 15.5 Å². The Morgan fingerprint density at radius 1 is 1.30 bits per heavy atom. The molecule has 1 fully saturated rings. The lowest BCUT2D eigenvalue weighted by molar-refractivity contribution is -0.115. The number of hydrogen-bond donors (Lipinski definition) is 2. The first-order chi connectivity index (χ1) is 9.72. The lowest BCUT2D eigenvalue weighted by atomic mass is 9.94. The zero-order chi connectivity index (χ0) is 13.9. The molecule has 108 valence electrons. The van der Waals surface area contributed by atoms with Gasteiger partial charge in [-0.25, -0.2) is 0 Å². The van der Waals surface area contributed by atoms with Crippen LogP contribution in [-0.4, -0.2) is 32.1 Å². The molecule has 0 radical (unpaired) electrons. The number of amides is 1. The first-order valence-corrected chi connectivity index (χ1v) is 8.07. The summed E-state index contributed by atoms with van der Waals surface area (Å²) in [5.41, 5.74) is 2.06. The second kappa shape index (κ2) is 6.14. The molecule has 1 aromatic rings. The number of hydrogen-bond acceptors (Lipinski definition) is 3. The van der Waals surface area contributed by atoms with Gasteiger partial charge in [0.15, 0.2) is 0 Å². The van der Waals surface area contributed by atoms with Gasteiger partial charge >= 0.3 is 0 Å². The molecule has 0 aromatic heterocycles. The number of benzene rings is 1. The third-order valence-corrected chi connectivity index (χ3v) is 4.67. The van der Waals surface area contributed by atoms with Gasteiger partial charge in [-0.3, -0.25) is 4.79 Å². The smallest absolute Gasteiger partial charge is 0.243 e. The fourth-order valence-corrected chi connectivity index (χ4v) is 3.38. The van der Waals surface area contributed by atoms with Crippen LogP contribution in [0.5, 0.6) is 0 Å². The van der Waals surface area contributed by atoms with Crippen molar-refractivity contribution in [1.29, 1.82) is 0 Å². The molecule has 2 heterocycles. The number of piperidine rings is 1. The van der Waals surface area contributed by atoms with Gasteiger partial charge in [0.2, 0.25) is 5.91 Å². The fraction of sp³-hybridized carbons (Fsp3) is 0.533. The number of nitrogens with one attached hydrogen (secondary N) is 2. The molecule has 1 saturated heterocycles. The van der Waals surface area contributed by atoms with E-state index in [2.05, 4.69) is 37.5 Å². The van der Waals surface area contributed by atoms with Gasteiger partial charge in [-0.2, -0.15) is 0 Å². The average Bonchev–Trinajstić information content (AvgIpc) is 2.46. The maximum Gasteiger partial charge on any atom is 0.243 e.